The first-order chi connectivity index (χ1) is 8.24. The largest absolute Gasteiger partial charge is 0.268 e. The molecule has 0 spiro atoms. The van der Waals surface area contributed by atoms with Crippen LogP contribution in [0.1, 0.15) is 51.4 Å². The topological polar surface area (TPSA) is 17.8 Å². The summed E-state index contributed by atoms with van der Waals surface area (Å²) in [6.45, 7) is 7.53. The quantitative estimate of drug-likeness (QED) is 0.649. The van der Waals surface area contributed by atoms with E-state index in [2.05, 4.69) is 46.5 Å². The Morgan fingerprint density at radius 1 is 1.24 bits per heavy atom. The molecule has 0 N–H and O–H groups in total. The monoisotopic (exact) mass is 318 g/mol. The number of hydrogen-bond donors (Lipinski definition) is 0. The van der Waals surface area contributed by atoms with E-state index in [1.54, 1.807) is 0 Å². The van der Waals surface area contributed by atoms with Gasteiger partial charge in [-0.05, 0) is 41.4 Å². The van der Waals surface area contributed by atoms with Crippen LogP contribution >= 0.6 is 27.7 Å². The van der Waals surface area contributed by atoms with Gasteiger partial charge in [0.25, 0.3) is 0 Å². The van der Waals surface area contributed by atoms with Crippen LogP contribution in [0.3, 0.4) is 0 Å². The first-order valence-corrected chi connectivity index (χ1v) is 8.51. The van der Waals surface area contributed by atoms with Crippen molar-refractivity contribution in [2.75, 3.05) is 5.75 Å². The highest BCUT2D eigenvalue weighted by molar-refractivity contribution is 9.10. The molecule has 4 heteroatoms. The second-order valence-corrected chi connectivity index (χ2v) is 6.03. The fraction of sp³-hybridized carbons (Fsp3) is 0.769. The summed E-state index contributed by atoms with van der Waals surface area (Å²) in [6, 6.07) is 0. The van der Waals surface area contributed by atoms with Crippen molar-refractivity contribution in [1.82, 2.24) is 9.78 Å². The Kier molecular flexibility index (Phi) is 7.28. The number of hydrogen-bond acceptors (Lipinski definition) is 2. The van der Waals surface area contributed by atoms with Gasteiger partial charge in [-0.2, -0.15) is 16.9 Å². The van der Waals surface area contributed by atoms with Crippen LogP contribution in [0, 0.1) is 0 Å². The number of aromatic nitrogens is 2. The lowest BCUT2D eigenvalue weighted by atomic mass is 10.3. The van der Waals surface area contributed by atoms with Gasteiger partial charge in [-0.3, -0.25) is 4.68 Å². The number of thioether (sulfide) groups is 1. The molecule has 0 aromatic carbocycles. The Balaban J connectivity index is 2.54. The molecule has 1 heterocycles. The lowest BCUT2D eigenvalue weighted by Gasteiger charge is -2.05. The van der Waals surface area contributed by atoms with Gasteiger partial charge in [-0.15, -0.1) is 0 Å². The highest BCUT2D eigenvalue weighted by Gasteiger charge is 2.13. The van der Waals surface area contributed by atoms with E-state index in [9.17, 15) is 0 Å². The molecule has 2 nitrogen and oxygen atoms in total. The fourth-order valence-electron chi connectivity index (χ4n) is 1.78. The van der Waals surface area contributed by atoms with Crippen molar-refractivity contribution in [2.45, 2.75) is 58.8 Å². The predicted octanol–water partition coefficient (Wildman–Crippen LogP) is 4.65. The summed E-state index contributed by atoms with van der Waals surface area (Å²) in [4.78, 5) is 0. The molecule has 0 bridgehead atoms. The molecule has 0 fully saturated rings. The van der Waals surface area contributed by atoms with Crippen LogP contribution in [-0.2, 0) is 18.7 Å². The number of aryl methyl sites for hydroxylation is 2. The van der Waals surface area contributed by atoms with E-state index in [4.69, 9.17) is 0 Å². The molecule has 1 aromatic heterocycles. The van der Waals surface area contributed by atoms with E-state index in [1.807, 2.05) is 11.8 Å². The molecule has 0 amide bonds. The van der Waals surface area contributed by atoms with Crippen molar-refractivity contribution >= 4 is 27.7 Å². The third-order valence-corrected chi connectivity index (χ3v) is 4.80. The van der Waals surface area contributed by atoms with Crippen LogP contribution < -0.4 is 0 Å². The second kappa shape index (κ2) is 8.20. The molecular formula is C13H23BrN2S. The van der Waals surface area contributed by atoms with Crippen LogP contribution in [0.15, 0.2) is 4.47 Å². The molecular weight excluding hydrogens is 296 g/mol. The second-order valence-electron chi connectivity index (χ2n) is 4.14. The molecule has 98 valence electrons. The SMILES string of the molecule is CCCCCSCc1c(Br)c(CC)nn1CC. The molecule has 1 aromatic rings. The van der Waals surface area contributed by atoms with E-state index in [-0.39, 0.29) is 0 Å². The average Bonchev–Trinajstić information content (AvgIpc) is 2.65. The summed E-state index contributed by atoms with van der Waals surface area (Å²) in [5, 5.41) is 4.62. The summed E-state index contributed by atoms with van der Waals surface area (Å²) in [5.41, 5.74) is 2.54. The summed E-state index contributed by atoms with van der Waals surface area (Å²) >= 11 is 5.71. The minimum Gasteiger partial charge on any atom is -0.268 e. The smallest absolute Gasteiger partial charge is 0.0767 e. The fourth-order valence-corrected chi connectivity index (χ4v) is 3.71. The van der Waals surface area contributed by atoms with Crippen molar-refractivity contribution in [2.24, 2.45) is 0 Å². The average molecular weight is 319 g/mol. The molecule has 0 unspecified atom stereocenters. The molecule has 17 heavy (non-hydrogen) atoms. The van der Waals surface area contributed by atoms with Gasteiger partial charge in [0.15, 0.2) is 0 Å². The number of halogens is 1. The van der Waals surface area contributed by atoms with Gasteiger partial charge in [0.2, 0.25) is 0 Å². The van der Waals surface area contributed by atoms with E-state index in [0.717, 1.165) is 18.7 Å². The first kappa shape index (κ1) is 15.1. The van der Waals surface area contributed by atoms with Crippen molar-refractivity contribution in [1.29, 1.82) is 0 Å². The molecule has 0 radical (unpaired) electrons. The maximum Gasteiger partial charge on any atom is 0.0767 e. The minimum absolute atomic E-state index is 0.962. The first-order valence-electron chi connectivity index (χ1n) is 6.56. The molecule has 0 aliphatic carbocycles. The highest BCUT2D eigenvalue weighted by Crippen LogP contribution is 2.26. The van der Waals surface area contributed by atoms with Crippen LogP contribution in [0.4, 0.5) is 0 Å². The molecule has 0 saturated heterocycles. The zero-order valence-electron chi connectivity index (χ0n) is 11.1. The van der Waals surface area contributed by atoms with E-state index < -0.39 is 0 Å². The Labute approximate surface area is 118 Å². The van der Waals surface area contributed by atoms with E-state index >= 15 is 0 Å². The highest BCUT2D eigenvalue weighted by atomic mass is 79.9. The van der Waals surface area contributed by atoms with Gasteiger partial charge in [0.05, 0.1) is 15.9 Å². The van der Waals surface area contributed by atoms with Crippen molar-refractivity contribution in [3.8, 4) is 0 Å². The van der Waals surface area contributed by atoms with Gasteiger partial charge < -0.3 is 0 Å². The van der Waals surface area contributed by atoms with Gasteiger partial charge in [-0.25, -0.2) is 0 Å². The zero-order valence-corrected chi connectivity index (χ0v) is 13.5. The zero-order chi connectivity index (χ0) is 12.7. The number of nitrogens with zero attached hydrogens (tertiary/aromatic N) is 2. The number of rotatable bonds is 8. The Hall–Kier alpha value is 0.0400. The van der Waals surface area contributed by atoms with Crippen LogP contribution in [-0.4, -0.2) is 15.5 Å². The summed E-state index contributed by atoms with van der Waals surface area (Å²) in [7, 11) is 0. The molecule has 0 saturated carbocycles. The third-order valence-electron chi connectivity index (χ3n) is 2.83. The summed E-state index contributed by atoms with van der Waals surface area (Å²) in [5.74, 6) is 2.34. The van der Waals surface area contributed by atoms with Gasteiger partial charge in [0.1, 0.15) is 0 Å². The van der Waals surface area contributed by atoms with Gasteiger partial charge in [0, 0.05) is 12.3 Å². The maximum absolute atomic E-state index is 4.62. The minimum atomic E-state index is 0.962. The number of unbranched alkanes of at least 4 members (excludes halogenated alkanes) is 2. The van der Waals surface area contributed by atoms with Crippen LogP contribution in [0.2, 0.25) is 0 Å². The van der Waals surface area contributed by atoms with Gasteiger partial charge >= 0.3 is 0 Å². The molecule has 0 aliphatic rings. The third kappa shape index (κ3) is 4.32. The Morgan fingerprint density at radius 2 is 2.00 bits per heavy atom. The summed E-state index contributed by atoms with van der Waals surface area (Å²) in [6.07, 6.45) is 4.99. The Morgan fingerprint density at radius 3 is 2.59 bits per heavy atom. The lowest BCUT2D eigenvalue weighted by Crippen LogP contribution is -2.02. The molecule has 0 aliphatic heterocycles. The normalized spacial score (nSPS) is 11.1. The van der Waals surface area contributed by atoms with Crippen molar-refractivity contribution in [3.63, 3.8) is 0 Å². The molecule has 0 atom stereocenters. The van der Waals surface area contributed by atoms with Gasteiger partial charge in [-0.1, -0.05) is 26.7 Å². The summed E-state index contributed by atoms with van der Waals surface area (Å²) < 4.78 is 3.36. The maximum atomic E-state index is 4.62. The Bertz CT molecular complexity index is 336. The van der Waals surface area contributed by atoms with Crippen molar-refractivity contribution < 1.29 is 0 Å². The van der Waals surface area contributed by atoms with Crippen molar-refractivity contribution in [3.05, 3.63) is 15.9 Å². The van der Waals surface area contributed by atoms with E-state index in [1.165, 1.54) is 40.9 Å². The van der Waals surface area contributed by atoms with E-state index in [0.29, 0.717) is 0 Å². The standard InChI is InChI=1S/C13H23BrN2S/c1-4-7-8-9-17-10-12-13(14)11(5-2)15-16(12)6-3/h4-10H2,1-3H3. The predicted molar refractivity (Wildman–Crippen MR) is 80.7 cm³/mol. The molecule has 1 rings (SSSR count). The lowest BCUT2D eigenvalue weighted by molar-refractivity contribution is 0.627. The van der Waals surface area contributed by atoms with Crippen LogP contribution in [0.5, 0.6) is 0 Å². The van der Waals surface area contributed by atoms with Crippen LogP contribution in [0.25, 0.3) is 0 Å².